The van der Waals surface area contributed by atoms with Gasteiger partial charge in [-0.25, -0.2) is 4.98 Å². The summed E-state index contributed by atoms with van der Waals surface area (Å²) in [5.41, 5.74) is 5.86. The Morgan fingerprint density at radius 3 is 2.65 bits per heavy atom. The van der Waals surface area contributed by atoms with Crippen LogP contribution < -0.4 is 10.6 Å². The van der Waals surface area contributed by atoms with E-state index in [2.05, 4.69) is 77.3 Å². The standard InChI is InChI=1S/C21H27N5/c1-15-8-5-6-10-19(15)17(3)24-21(22-4)23-12-11-18-14-26-13-7-9-16(2)20(26)25-18/h5-10,13-14,17H,11-12H2,1-4H3,(H2,22,23,24). The zero-order valence-electron chi connectivity index (χ0n) is 16.0. The van der Waals surface area contributed by atoms with Crippen LogP contribution in [-0.4, -0.2) is 28.9 Å². The number of guanidine groups is 1. The predicted molar refractivity (Wildman–Crippen MR) is 108 cm³/mol. The number of hydrogen-bond acceptors (Lipinski definition) is 2. The summed E-state index contributed by atoms with van der Waals surface area (Å²) in [5.74, 6) is 0.806. The van der Waals surface area contributed by atoms with E-state index >= 15 is 0 Å². The van der Waals surface area contributed by atoms with Crippen LogP contribution in [-0.2, 0) is 6.42 Å². The molecule has 2 N–H and O–H groups in total. The lowest BCUT2D eigenvalue weighted by Crippen LogP contribution is -2.39. The van der Waals surface area contributed by atoms with Crippen LogP contribution in [0.4, 0.5) is 0 Å². The van der Waals surface area contributed by atoms with Gasteiger partial charge in [0.25, 0.3) is 0 Å². The molecule has 1 atom stereocenters. The fourth-order valence-electron chi connectivity index (χ4n) is 3.18. The Morgan fingerprint density at radius 2 is 1.92 bits per heavy atom. The molecule has 1 unspecified atom stereocenters. The maximum atomic E-state index is 4.72. The zero-order chi connectivity index (χ0) is 18.5. The molecule has 3 aromatic rings. The molecule has 136 valence electrons. The third kappa shape index (κ3) is 4.04. The van der Waals surface area contributed by atoms with E-state index in [1.807, 2.05) is 12.3 Å². The number of nitrogens with one attached hydrogen (secondary N) is 2. The van der Waals surface area contributed by atoms with Crippen LogP contribution in [0.1, 0.15) is 35.3 Å². The van der Waals surface area contributed by atoms with E-state index < -0.39 is 0 Å². The Hall–Kier alpha value is -2.82. The van der Waals surface area contributed by atoms with Crippen LogP contribution >= 0.6 is 0 Å². The van der Waals surface area contributed by atoms with E-state index in [1.165, 1.54) is 16.7 Å². The van der Waals surface area contributed by atoms with Gasteiger partial charge in [0.15, 0.2) is 5.96 Å². The van der Waals surface area contributed by atoms with E-state index in [9.17, 15) is 0 Å². The van der Waals surface area contributed by atoms with Gasteiger partial charge in [0.2, 0.25) is 0 Å². The number of pyridine rings is 1. The van der Waals surface area contributed by atoms with E-state index in [0.717, 1.165) is 30.3 Å². The van der Waals surface area contributed by atoms with Crippen molar-refractivity contribution >= 4 is 11.6 Å². The van der Waals surface area contributed by atoms with Crippen molar-refractivity contribution in [2.24, 2.45) is 4.99 Å². The van der Waals surface area contributed by atoms with Gasteiger partial charge in [-0.1, -0.05) is 30.3 Å². The highest BCUT2D eigenvalue weighted by Crippen LogP contribution is 2.16. The second kappa shape index (κ2) is 8.04. The number of aryl methyl sites for hydroxylation is 2. The molecule has 2 aromatic heterocycles. The molecule has 3 rings (SSSR count). The van der Waals surface area contributed by atoms with E-state index in [-0.39, 0.29) is 6.04 Å². The van der Waals surface area contributed by atoms with E-state index in [0.29, 0.717) is 0 Å². The number of benzene rings is 1. The summed E-state index contributed by atoms with van der Waals surface area (Å²) in [4.78, 5) is 9.06. The molecule has 5 heteroatoms. The fourth-order valence-corrected chi connectivity index (χ4v) is 3.18. The van der Waals surface area contributed by atoms with Gasteiger partial charge in [0, 0.05) is 32.4 Å². The maximum Gasteiger partial charge on any atom is 0.191 e. The van der Waals surface area contributed by atoms with Gasteiger partial charge in [-0.05, 0) is 43.5 Å². The highest BCUT2D eigenvalue weighted by Gasteiger charge is 2.10. The molecule has 0 aliphatic carbocycles. The maximum absolute atomic E-state index is 4.72. The molecule has 1 aromatic carbocycles. The molecule has 0 aliphatic heterocycles. The molecule has 2 heterocycles. The van der Waals surface area contributed by atoms with Crippen molar-refractivity contribution in [2.45, 2.75) is 33.2 Å². The van der Waals surface area contributed by atoms with Crippen LogP contribution in [0.2, 0.25) is 0 Å². The second-order valence-corrected chi connectivity index (χ2v) is 6.63. The lowest BCUT2D eigenvalue weighted by Gasteiger charge is -2.19. The van der Waals surface area contributed by atoms with E-state index in [1.54, 1.807) is 7.05 Å². The number of nitrogens with zero attached hydrogens (tertiary/aromatic N) is 3. The van der Waals surface area contributed by atoms with Crippen molar-refractivity contribution in [3.63, 3.8) is 0 Å². The Kier molecular flexibility index (Phi) is 5.56. The first-order chi connectivity index (χ1) is 12.6. The summed E-state index contributed by atoms with van der Waals surface area (Å²) in [5, 5.41) is 6.85. The van der Waals surface area contributed by atoms with Crippen molar-refractivity contribution in [1.82, 2.24) is 20.0 Å². The summed E-state index contributed by atoms with van der Waals surface area (Å²) < 4.78 is 2.08. The monoisotopic (exact) mass is 349 g/mol. The number of imidazole rings is 1. The first-order valence-corrected chi connectivity index (χ1v) is 9.04. The summed E-state index contributed by atoms with van der Waals surface area (Å²) in [6.45, 7) is 7.15. The largest absolute Gasteiger partial charge is 0.356 e. The second-order valence-electron chi connectivity index (χ2n) is 6.63. The molecule has 0 bridgehead atoms. The molecule has 0 saturated carbocycles. The molecule has 0 spiro atoms. The van der Waals surface area contributed by atoms with E-state index in [4.69, 9.17) is 4.98 Å². The molecular formula is C21H27N5. The number of hydrogen-bond donors (Lipinski definition) is 2. The quantitative estimate of drug-likeness (QED) is 0.548. The Labute approximate surface area is 155 Å². The van der Waals surface area contributed by atoms with Gasteiger partial charge in [-0.15, -0.1) is 0 Å². The van der Waals surface area contributed by atoms with Gasteiger partial charge < -0.3 is 15.0 Å². The molecule has 0 radical (unpaired) electrons. The molecule has 0 amide bonds. The van der Waals surface area contributed by atoms with Gasteiger partial charge in [-0.2, -0.15) is 0 Å². The van der Waals surface area contributed by atoms with Crippen LogP contribution in [0.3, 0.4) is 0 Å². The number of aliphatic imine (C=N–C) groups is 1. The normalized spacial score (nSPS) is 13.0. The molecule has 5 nitrogen and oxygen atoms in total. The number of rotatable bonds is 5. The van der Waals surface area contributed by atoms with Gasteiger partial charge in [-0.3, -0.25) is 4.99 Å². The Morgan fingerprint density at radius 1 is 1.15 bits per heavy atom. The first kappa shape index (κ1) is 18.0. The predicted octanol–water partition coefficient (Wildman–Crippen LogP) is 3.42. The minimum atomic E-state index is 0.195. The third-order valence-electron chi connectivity index (χ3n) is 4.63. The lowest BCUT2D eigenvalue weighted by atomic mass is 10.0. The summed E-state index contributed by atoms with van der Waals surface area (Å²) >= 11 is 0. The van der Waals surface area contributed by atoms with Crippen molar-refractivity contribution in [3.8, 4) is 0 Å². The average molecular weight is 349 g/mol. The van der Waals surface area contributed by atoms with Crippen LogP contribution in [0, 0.1) is 13.8 Å². The highest BCUT2D eigenvalue weighted by molar-refractivity contribution is 5.80. The highest BCUT2D eigenvalue weighted by atomic mass is 15.2. The zero-order valence-corrected chi connectivity index (χ0v) is 16.0. The SMILES string of the molecule is CN=C(NCCc1cn2cccc(C)c2n1)NC(C)c1ccccc1C. The Bertz CT molecular complexity index is 910. The fraction of sp³-hybridized carbons (Fsp3) is 0.333. The minimum Gasteiger partial charge on any atom is -0.356 e. The average Bonchev–Trinajstić information content (AvgIpc) is 3.05. The molecule has 0 fully saturated rings. The van der Waals surface area contributed by atoms with Crippen LogP contribution in [0.15, 0.2) is 53.8 Å². The minimum absolute atomic E-state index is 0.195. The summed E-state index contributed by atoms with van der Waals surface area (Å²) in [7, 11) is 1.80. The van der Waals surface area contributed by atoms with Crippen molar-refractivity contribution in [2.75, 3.05) is 13.6 Å². The summed E-state index contributed by atoms with van der Waals surface area (Å²) in [6.07, 6.45) is 4.98. The van der Waals surface area contributed by atoms with Gasteiger partial charge in [0.1, 0.15) is 5.65 Å². The van der Waals surface area contributed by atoms with Crippen molar-refractivity contribution in [3.05, 3.63) is 71.2 Å². The molecule has 26 heavy (non-hydrogen) atoms. The third-order valence-corrected chi connectivity index (χ3v) is 4.63. The molecule has 0 aliphatic rings. The van der Waals surface area contributed by atoms with Crippen molar-refractivity contribution in [1.29, 1.82) is 0 Å². The van der Waals surface area contributed by atoms with Gasteiger partial charge in [0.05, 0.1) is 11.7 Å². The first-order valence-electron chi connectivity index (χ1n) is 9.04. The number of aromatic nitrogens is 2. The van der Waals surface area contributed by atoms with Crippen LogP contribution in [0.25, 0.3) is 5.65 Å². The number of fused-ring (bicyclic) bond motifs is 1. The smallest absolute Gasteiger partial charge is 0.191 e. The topological polar surface area (TPSA) is 53.7 Å². The summed E-state index contributed by atoms with van der Waals surface area (Å²) in [6, 6.07) is 12.7. The van der Waals surface area contributed by atoms with Gasteiger partial charge >= 0.3 is 0 Å². The lowest BCUT2D eigenvalue weighted by molar-refractivity contribution is 0.679. The van der Waals surface area contributed by atoms with Crippen LogP contribution in [0.5, 0.6) is 0 Å². The Balaban J connectivity index is 1.57. The molecular weight excluding hydrogens is 322 g/mol. The van der Waals surface area contributed by atoms with Crippen molar-refractivity contribution < 1.29 is 0 Å². The molecule has 0 saturated heterocycles.